The minimum atomic E-state index is -1.24. The lowest BCUT2D eigenvalue weighted by Crippen LogP contribution is -2.05. The van der Waals surface area contributed by atoms with E-state index in [-0.39, 0.29) is 5.92 Å². The van der Waals surface area contributed by atoms with Crippen LogP contribution in [0, 0.1) is 5.92 Å². The molecule has 2 heteroatoms. The summed E-state index contributed by atoms with van der Waals surface area (Å²) in [7, 11) is 0. The van der Waals surface area contributed by atoms with Gasteiger partial charge in [0.05, 0.1) is 0 Å². The molecule has 50 valence electrons. The minimum Gasteiger partial charge on any atom is -0.248 e. The van der Waals surface area contributed by atoms with Crippen LogP contribution in [0.4, 0.5) is 8.78 Å². The lowest BCUT2D eigenvalue weighted by molar-refractivity contribution is 0.226. The van der Waals surface area contributed by atoms with Gasteiger partial charge >= 0.3 is 0 Å². The van der Waals surface area contributed by atoms with Crippen molar-refractivity contribution in [3.63, 3.8) is 0 Å². The van der Waals surface area contributed by atoms with Crippen LogP contribution in [0.1, 0.15) is 20.3 Å². The van der Waals surface area contributed by atoms with Crippen molar-refractivity contribution in [1.29, 1.82) is 0 Å². The van der Waals surface area contributed by atoms with Crippen LogP contribution in [-0.2, 0) is 0 Å². The topological polar surface area (TPSA) is 0 Å². The van der Waals surface area contributed by atoms with Gasteiger partial charge in [0.15, 0.2) is 0 Å². The Balaban J connectivity index is 3.10. The van der Waals surface area contributed by atoms with E-state index in [4.69, 9.17) is 0 Å². The number of halogens is 2. The van der Waals surface area contributed by atoms with Crippen molar-refractivity contribution >= 4 is 0 Å². The molecular formula is C6H12F2. The molecule has 0 spiro atoms. The van der Waals surface area contributed by atoms with Crippen molar-refractivity contribution in [3.05, 3.63) is 0 Å². The zero-order valence-corrected chi connectivity index (χ0v) is 5.32. The fraction of sp³-hybridized carbons (Fsp3) is 1.00. The van der Waals surface area contributed by atoms with E-state index in [1.54, 1.807) is 0 Å². The molecule has 0 aromatic rings. The molecule has 0 aromatic heterocycles. The highest BCUT2D eigenvalue weighted by molar-refractivity contribution is 4.55. The van der Waals surface area contributed by atoms with Gasteiger partial charge in [0, 0.05) is 0 Å². The van der Waals surface area contributed by atoms with Crippen LogP contribution in [0.25, 0.3) is 0 Å². The molecule has 0 rings (SSSR count). The molecule has 0 aliphatic rings. The minimum absolute atomic E-state index is 0.265. The van der Waals surface area contributed by atoms with Crippen molar-refractivity contribution in [2.75, 3.05) is 6.67 Å². The van der Waals surface area contributed by atoms with Gasteiger partial charge in [0.25, 0.3) is 0 Å². The van der Waals surface area contributed by atoms with E-state index >= 15 is 0 Å². The van der Waals surface area contributed by atoms with E-state index in [9.17, 15) is 8.78 Å². The monoisotopic (exact) mass is 122 g/mol. The fourth-order valence-corrected chi connectivity index (χ4v) is 0.575. The van der Waals surface area contributed by atoms with Gasteiger partial charge in [-0.2, -0.15) is 0 Å². The zero-order chi connectivity index (χ0) is 6.57. The quantitative estimate of drug-likeness (QED) is 0.539. The molecule has 0 aliphatic carbocycles. The lowest BCUT2D eigenvalue weighted by Gasteiger charge is -2.04. The molecular weight excluding hydrogens is 110 g/mol. The Labute approximate surface area is 48.9 Å². The Morgan fingerprint density at radius 1 is 1.38 bits per heavy atom. The second kappa shape index (κ2) is 3.81. The Morgan fingerprint density at radius 3 is 2.00 bits per heavy atom. The molecule has 0 bridgehead atoms. The van der Waals surface area contributed by atoms with Crippen LogP contribution in [-0.4, -0.2) is 12.8 Å². The Kier molecular flexibility index (Phi) is 3.75. The maximum absolute atomic E-state index is 12.0. The first-order valence-electron chi connectivity index (χ1n) is 2.86. The van der Waals surface area contributed by atoms with Crippen molar-refractivity contribution in [2.24, 2.45) is 5.92 Å². The largest absolute Gasteiger partial charge is 0.248 e. The average Bonchev–Trinajstić information content (AvgIpc) is 1.65. The number of hydrogen-bond donors (Lipinski definition) is 0. The van der Waals surface area contributed by atoms with Gasteiger partial charge in [-0.25, -0.2) is 8.78 Å². The first-order chi connectivity index (χ1) is 3.66. The molecule has 1 atom stereocenters. The van der Waals surface area contributed by atoms with Crippen molar-refractivity contribution in [2.45, 2.75) is 26.4 Å². The van der Waals surface area contributed by atoms with Crippen LogP contribution in [0.5, 0.6) is 0 Å². The Hall–Kier alpha value is -0.140. The first kappa shape index (κ1) is 7.86. The van der Waals surface area contributed by atoms with Crippen LogP contribution >= 0.6 is 0 Å². The Bertz CT molecular complexity index is 52.5. The third kappa shape index (κ3) is 4.03. The van der Waals surface area contributed by atoms with E-state index in [1.807, 2.05) is 13.8 Å². The molecule has 0 nitrogen and oxygen atoms in total. The predicted octanol–water partition coefficient (Wildman–Crippen LogP) is 2.34. The third-order valence-corrected chi connectivity index (χ3v) is 0.895. The highest BCUT2D eigenvalue weighted by atomic mass is 19.2. The van der Waals surface area contributed by atoms with Crippen molar-refractivity contribution in [3.8, 4) is 0 Å². The maximum atomic E-state index is 12.0. The van der Waals surface area contributed by atoms with E-state index in [2.05, 4.69) is 0 Å². The highest BCUT2D eigenvalue weighted by Crippen LogP contribution is 2.07. The van der Waals surface area contributed by atoms with Crippen molar-refractivity contribution in [1.82, 2.24) is 0 Å². The summed E-state index contributed by atoms with van der Waals surface area (Å²) in [5, 5.41) is 0. The standard InChI is InChI=1S/C6H12F2/c1-5(2)3-6(8)4-7/h5-6H,3-4H2,1-2H3. The molecule has 0 aliphatic heterocycles. The van der Waals surface area contributed by atoms with Gasteiger partial charge in [0.2, 0.25) is 0 Å². The van der Waals surface area contributed by atoms with Gasteiger partial charge in [-0.05, 0) is 12.3 Å². The molecule has 8 heavy (non-hydrogen) atoms. The summed E-state index contributed by atoms with van der Waals surface area (Å²) in [6.45, 7) is 2.92. The molecule has 1 unspecified atom stereocenters. The van der Waals surface area contributed by atoms with Crippen molar-refractivity contribution < 1.29 is 8.78 Å². The third-order valence-electron chi connectivity index (χ3n) is 0.895. The predicted molar refractivity (Wildman–Crippen MR) is 30.3 cm³/mol. The summed E-state index contributed by atoms with van der Waals surface area (Å²) in [5.74, 6) is 0.265. The van der Waals surface area contributed by atoms with Crippen LogP contribution in [0.2, 0.25) is 0 Å². The van der Waals surface area contributed by atoms with Gasteiger partial charge in [-0.1, -0.05) is 13.8 Å². The summed E-state index contributed by atoms with van der Waals surface area (Å²) in [6.07, 6.45) is -0.897. The molecule has 0 heterocycles. The number of alkyl halides is 2. The molecule has 0 amide bonds. The fourth-order valence-electron chi connectivity index (χ4n) is 0.575. The lowest BCUT2D eigenvalue weighted by atomic mass is 10.1. The summed E-state index contributed by atoms with van der Waals surface area (Å²) < 4.78 is 23.4. The van der Waals surface area contributed by atoms with E-state index in [0.717, 1.165) is 0 Å². The highest BCUT2D eigenvalue weighted by Gasteiger charge is 2.06. The second-order valence-corrected chi connectivity index (χ2v) is 2.38. The van der Waals surface area contributed by atoms with Crippen LogP contribution in [0.15, 0.2) is 0 Å². The van der Waals surface area contributed by atoms with Crippen LogP contribution < -0.4 is 0 Å². The smallest absolute Gasteiger partial charge is 0.129 e. The van der Waals surface area contributed by atoms with Gasteiger partial charge < -0.3 is 0 Å². The molecule has 0 radical (unpaired) electrons. The summed E-state index contributed by atoms with van der Waals surface area (Å²) in [4.78, 5) is 0. The maximum Gasteiger partial charge on any atom is 0.129 e. The average molecular weight is 122 g/mol. The summed E-state index contributed by atoms with van der Waals surface area (Å²) >= 11 is 0. The SMILES string of the molecule is CC(C)CC(F)CF. The second-order valence-electron chi connectivity index (χ2n) is 2.38. The molecule has 0 fully saturated rings. The van der Waals surface area contributed by atoms with E-state index in [1.165, 1.54) is 0 Å². The first-order valence-corrected chi connectivity index (χ1v) is 2.86. The molecule has 0 saturated carbocycles. The van der Waals surface area contributed by atoms with E-state index in [0.29, 0.717) is 6.42 Å². The molecule has 0 saturated heterocycles. The molecule has 0 aromatic carbocycles. The number of rotatable bonds is 3. The number of hydrogen-bond acceptors (Lipinski definition) is 0. The summed E-state index contributed by atoms with van der Waals surface area (Å²) in [5.41, 5.74) is 0. The molecule has 0 N–H and O–H groups in total. The Morgan fingerprint density at radius 2 is 1.88 bits per heavy atom. The van der Waals surface area contributed by atoms with E-state index < -0.39 is 12.8 Å². The van der Waals surface area contributed by atoms with Gasteiger partial charge in [-0.15, -0.1) is 0 Å². The van der Waals surface area contributed by atoms with Gasteiger partial charge in [0.1, 0.15) is 12.8 Å². The zero-order valence-electron chi connectivity index (χ0n) is 5.32. The summed E-state index contributed by atoms with van der Waals surface area (Å²) in [6, 6.07) is 0. The van der Waals surface area contributed by atoms with Gasteiger partial charge in [-0.3, -0.25) is 0 Å². The van der Waals surface area contributed by atoms with Crippen LogP contribution in [0.3, 0.4) is 0 Å². The normalized spacial score (nSPS) is 14.6.